The Hall–Kier alpha value is -2.24. The lowest BCUT2D eigenvalue weighted by Gasteiger charge is -2.15. The number of halogens is 2. The monoisotopic (exact) mass is 292 g/mol. The highest BCUT2D eigenvalue weighted by atomic mass is 19.1. The summed E-state index contributed by atoms with van der Waals surface area (Å²) in [6.07, 6.45) is 2.93. The Morgan fingerprint density at radius 2 is 1.86 bits per heavy atom. The Kier molecular flexibility index (Phi) is 4.67. The maximum Gasteiger partial charge on any atom is 0.152 e. The number of aromatic nitrogens is 2. The fourth-order valence-electron chi connectivity index (χ4n) is 2.11. The van der Waals surface area contributed by atoms with Crippen LogP contribution in [0.4, 0.5) is 26.1 Å². The van der Waals surface area contributed by atoms with Crippen LogP contribution < -0.4 is 10.6 Å². The van der Waals surface area contributed by atoms with E-state index >= 15 is 0 Å². The first-order valence-electron chi connectivity index (χ1n) is 6.81. The zero-order valence-electron chi connectivity index (χ0n) is 12.3. The van der Waals surface area contributed by atoms with Crippen LogP contribution in [0.3, 0.4) is 0 Å². The van der Waals surface area contributed by atoms with E-state index in [0.717, 1.165) is 12.0 Å². The van der Waals surface area contributed by atoms with Crippen molar-refractivity contribution in [1.82, 2.24) is 9.97 Å². The van der Waals surface area contributed by atoms with Gasteiger partial charge in [-0.2, -0.15) is 0 Å². The van der Waals surface area contributed by atoms with Crippen LogP contribution in [-0.2, 0) is 6.42 Å². The summed E-state index contributed by atoms with van der Waals surface area (Å²) in [4.78, 5) is 8.25. The number of nitrogens with zero attached hydrogens (tertiary/aromatic N) is 2. The SMILES string of the molecule is CCCc1c(NC)ncnc1Nc1c(F)ccc(C)c1F. The van der Waals surface area contributed by atoms with Crippen molar-refractivity contribution in [1.29, 1.82) is 0 Å². The molecular formula is C15H18F2N4. The summed E-state index contributed by atoms with van der Waals surface area (Å²) in [6, 6.07) is 2.64. The van der Waals surface area contributed by atoms with Gasteiger partial charge in [0.2, 0.25) is 0 Å². The van der Waals surface area contributed by atoms with Crippen LogP contribution in [-0.4, -0.2) is 17.0 Å². The smallest absolute Gasteiger partial charge is 0.152 e. The van der Waals surface area contributed by atoms with Crippen LogP contribution >= 0.6 is 0 Å². The van der Waals surface area contributed by atoms with Crippen molar-refractivity contribution in [3.8, 4) is 0 Å². The standard InChI is InChI=1S/C15H18F2N4/c1-4-5-10-14(18-3)19-8-20-15(10)21-13-11(16)7-6-9(2)12(13)17/h6-8H,4-5H2,1-3H3,(H2,18,19,20,21). The molecule has 0 spiro atoms. The highest BCUT2D eigenvalue weighted by Crippen LogP contribution is 2.28. The Bertz CT molecular complexity index is 644. The second kappa shape index (κ2) is 6.47. The average molecular weight is 292 g/mol. The van der Waals surface area contributed by atoms with Crippen molar-refractivity contribution in [2.75, 3.05) is 17.7 Å². The highest BCUT2D eigenvalue weighted by Gasteiger charge is 2.16. The molecule has 0 radical (unpaired) electrons. The predicted molar refractivity (Wildman–Crippen MR) is 80.0 cm³/mol. The van der Waals surface area contributed by atoms with Crippen LogP contribution in [0.1, 0.15) is 24.5 Å². The maximum atomic E-state index is 14.1. The lowest BCUT2D eigenvalue weighted by atomic mass is 10.1. The average Bonchev–Trinajstić information content (AvgIpc) is 2.49. The predicted octanol–water partition coefficient (Wildman–Crippen LogP) is 3.80. The molecule has 2 N–H and O–H groups in total. The molecule has 6 heteroatoms. The van der Waals surface area contributed by atoms with Crippen molar-refractivity contribution in [2.45, 2.75) is 26.7 Å². The molecule has 0 fully saturated rings. The van der Waals surface area contributed by atoms with Gasteiger partial charge < -0.3 is 10.6 Å². The van der Waals surface area contributed by atoms with Gasteiger partial charge in [0.15, 0.2) is 5.82 Å². The highest BCUT2D eigenvalue weighted by molar-refractivity contribution is 5.66. The summed E-state index contributed by atoms with van der Waals surface area (Å²) < 4.78 is 27.9. The molecule has 0 saturated carbocycles. The largest absolute Gasteiger partial charge is 0.373 e. The molecule has 0 unspecified atom stereocenters. The molecule has 0 atom stereocenters. The Morgan fingerprint density at radius 1 is 1.14 bits per heavy atom. The zero-order valence-corrected chi connectivity index (χ0v) is 12.3. The number of rotatable bonds is 5. The van der Waals surface area contributed by atoms with Gasteiger partial charge in [-0.25, -0.2) is 18.7 Å². The third-order valence-corrected chi connectivity index (χ3v) is 3.21. The van der Waals surface area contributed by atoms with Gasteiger partial charge >= 0.3 is 0 Å². The van der Waals surface area contributed by atoms with Gasteiger partial charge in [0, 0.05) is 12.6 Å². The lowest BCUT2D eigenvalue weighted by molar-refractivity contribution is 0.584. The summed E-state index contributed by atoms with van der Waals surface area (Å²) in [5, 5.41) is 5.74. The topological polar surface area (TPSA) is 49.8 Å². The van der Waals surface area contributed by atoms with Crippen molar-refractivity contribution >= 4 is 17.3 Å². The molecular weight excluding hydrogens is 274 g/mol. The first kappa shape index (κ1) is 15.2. The quantitative estimate of drug-likeness (QED) is 0.880. The molecule has 0 bridgehead atoms. The van der Waals surface area contributed by atoms with Crippen molar-refractivity contribution in [3.63, 3.8) is 0 Å². The van der Waals surface area contributed by atoms with E-state index in [-0.39, 0.29) is 5.69 Å². The summed E-state index contributed by atoms with van der Waals surface area (Å²) >= 11 is 0. The van der Waals surface area contributed by atoms with Gasteiger partial charge in [0.1, 0.15) is 29.5 Å². The van der Waals surface area contributed by atoms with E-state index in [0.29, 0.717) is 23.6 Å². The first-order valence-corrected chi connectivity index (χ1v) is 6.81. The van der Waals surface area contributed by atoms with E-state index in [2.05, 4.69) is 20.6 Å². The van der Waals surface area contributed by atoms with Gasteiger partial charge in [-0.1, -0.05) is 19.4 Å². The molecule has 0 aliphatic heterocycles. The van der Waals surface area contributed by atoms with Gasteiger partial charge in [-0.05, 0) is 25.0 Å². The van der Waals surface area contributed by atoms with E-state index in [1.807, 2.05) is 6.92 Å². The number of hydrogen-bond acceptors (Lipinski definition) is 4. The summed E-state index contributed by atoms with van der Waals surface area (Å²) in [7, 11) is 1.75. The summed E-state index contributed by atoms with van der Waals surface area (Å²) in [6.45, 7) is 3.61. The molecule has 0 aliphatic carbocycles. The molecule has 1 heterocycles. The van der Waals surface area contributed by atoms with E-state index in [1.165, 1.54) is 18.5 Å². The fourth-order valence-corrected chi connectivity index (χ4v) is 2.11. The molecule has 1 aromatic carbocycles. The molecule has 0 saturated heterocycles. The third-order valence-electron chi connectivity index (χ3n) is 3.21. The number of hydrogen-bond donors (Lipinski definition) is 2. The normalized spacial score (nSPS) is 10.5. The maximum absolute atomic E-state index is 14.1. The summed E-state index contributed by atoms with van der Waals surface area (Å²) in [5.41, 5.74) is 0.995. The van der Waals surface area contributed by atoms with Crippen molar-refractivity contribution in [3.05, 3.63) is 41.2 Å². The molecule has 112 valence electrons. The zero-order chi connectivity index (χ0) is 15.4. The Balaban J connectivity index is 2.47. The van der Waals surface area contributed by atoms with Crippen LogP contribution in [0.2, 0.25) is 0 Å². The number of anilines is 3. The van der Waals surface area contributed by atoms with Gasteiger partial charge in [0.05, 0.1) is 0 Å². The van der Waals surface area contributed by atoms with Gasteiger partial charge in [0.25, 0.3) is 0 Å². The Labute approximate surface area is 122 Å². The van der Waals surface area contributed by atoms with Crippen LogP contribution in [0.25, 0.3) is 0 Å². The second-order valence-corrected chi connectivity index (χ2v) is 4.73. The molecule has 2 aromatic rings. The summed E-state index contributed by atoms with van der Waals surface area (Å²) in [5.74, 6) is -0.186. The fraction of sp³-hybridized carbons (Fsp3) is 0.333. The minimum Gasteiger partial charge on any atom is -0.373 e. The van der Waals surface area contributed by atoms with E-state index in [4.69, 9.17) is 0 Å². The van der Waals surface area contributed by atoms with Crippen LogP contribution in [0.5, 0.6) is 0 Å². The third kappa shape index (κ3) is 3.09. The second-order valence-electron chi connectivity index (χ2n) is 4.73. The molecule has 4 nitrogen and oxygen atoms in total. The molecule has 21 heavy (non-hydrogen) atoms. The van der Waals surface area contributed by atoms with Crippen molar-refractivity contribution < 1.29 is 8.78 Å². The number of aryl methyl sites for hydroxylation is 1. The minimum absolute atomic E-state index is 0.187. The van der Waals surface area contributed by atoms with Gasteiger partial charge in [-0.15, -0.1) is 0 Å². The number of benzene rings is 1. The molecule has 0 amide bonds. The van der Waals surface area contributed by atoms with Crippen LogP contribution in [0.15, 0.2) is 18.5 Å². The lowest BCUT2D eigenvalue weighted by Crippen LogP contribution is -2.07. The van der Waals surface area contributed by atoms with E-state index in [1.54, 1.807) is 14.0 Å². The van der Waals surface area contributed by atoms with Crippen molar-refractivity contribution in [2.24, 2.45) is 0 Å². The van der Waals surface area contributed by atoms with E-state index in [9.17, 15) is 8.78 Å². The van der Waals surface area contributed by atoms with Gasteiger partial charge in [-0.3, -0.25) is 0 Å². The Morgan fingerprint density at radius 3 is 2.52 bits per heavy atom. The molecule has 2 rings (SSSR count). The van der Waals surface area contributed by atoms with Crippen LogP contribution in [0, 0.1) is 18.6 Å². The molecule has 0 aliphatic rings. The van der Waals surface area contributed by atoms with E-state index < -0.39 is 11.6 Å². The minimum atomic E-state index is -0.648. The number of nitrogens with one attached hydrogen (secondary N) is 2. The first-order chi connectivity index (χ1) is 10.1. The molecule has 1 aromatic heterocycles.